The first-order valence-electron chi connectivity index (χ1n) is 5.46. The zero-order chi connectivity index (χ0) is 13.8. The molecule has 2 aromatic carbocycles. The molecule has 19 heavy (non-hydrogen) atoms. The van der Waals surface area contributed by atoms with E-state index in [2.05, 4.69) is 15.9 Å². The lowest BCUT2D eigenvalue weighted by molar-refractivity contribution is 0.626. The molecule has 0 heterocycles. The Bertz CT molecular complexity index is 652. The van der Waals surface area contributed by atoms with Crippen molar-refractivity contribution in [3.05, 3.63) is 57.8 Å². The van der Waals surface area contributed by atoms with Gasteiger partial charge in [0.25, 0.3) is 0 Å². The number of nitrogens with two attached hydrogens (primary N) is 1. The number of halogens is 2. The number of benzene rings is 2. The zero-order valence-corrected chi connectivity index (χ0v) is 12.3. The van der Waals surface area contributed by atoms with Crippen LogP contribution in [0.4, 0.5) is 10.1 Å². The van der Waals surface area contributed by atoms with Gasteiger partial charge in [-0.3, -0.25) is 0 Å². The molecule has 0 unspecified atom stereocenters. The Hall–Kier alpha value is -1.51. The quantitative estimate of drug-likeness (QED) is 0.670. The maximum absolute atomic E-state index is 13.3. The zero-order valence-electron chi connectivity index (χ0n) is 9.86. The van der Waals surface area contributed by atoms with Gasteiger partial charge in [-0.25, -0.2) is 4.39 Å². The van der Waals surface area contributed by atoms with E-state index in [0.29, 0.717) is 17.0 Å². The van der Waals surface area contributed by atoms with Gasteiger partial charge < -0.3 is 5.73 Å². The lowest BCUT2D eigenvalue weighted by atomic mass is 10.1. The van der Waals surface area contributed by atoms with E-state index in [4.69, 9.17) is 11.0 Å². The summed E-state index contributed by atoms with van der Waals surface area (Å²) in [5.41, 5.74) is 7.65. The highest BCUT2D eigenvalue weighted by molar-refractivity contribution is 9.10. The number of hydrogen-bond acceptors (Lipinski definition) is 3. The minimum atomic E-state index is -0.392. The fraction of sp³-hybridized carbons (Fsp3) is 0.0714. The molecule has 0 saturated carbocycles. The smallest absolute Gasteiger partial charge is 0.124 e. The van der Waals surface area contributed by atoms with Crippen LogP contribution in [-0.2, 0) is 5.75 Å². The number of nitriles is 1. The van der Waals surface area contributed by atoms with Gasteiger partial charge in [0.15, 0.2) is 0 Å². The van der Waals surface area contributed by atoms with Crippen molar-refractivity contribution in [1.29, 1.82) is 5.26 Å². The van der Waals surface area contributed by atoms with Crippen LogP contribution in [0.5, 0.6) is 0 Å². The van der Waals surface area contributed by atoms with Crippen LogP contribution < -0.4 is 5.73 Å². The fourth-order valence-electron chi connectivity index (χ4n) is 1.59. The van der Waals surface area contributed by atoms with Gasteiger partial charge in [0.1, 0.15) is 5.82 Å². The molecule has 2 nitrogen and oxygen atoms in total. The topological polar surface area (TPSA) is 49.8 Å². The molecular formula is C14H10BrFN2S. The molecule has 0 aliphatic heterocycles. The molecule has 0 aliphatic rings. The molecule has 0 saturated heterocycles. The third kappa shape index (κ3) is 3.72. The van der Waals surface area contributed by atoms with Crippen molar-refractivity contribution in [2.24, 2.45) is 0 Å². The second kappa shape index (κ2) is 6.09. The maximum Gasteiger partial charge on any atom is 0.124 e. The Kier molecular flexibility index (Phi) is 4.46. The molecule has 2 N–H and O–H groups in total. The number of nitrogen functional groups attached to an aromatic ring is 1. The summed E-state index contributed by atoms with van der Waals surface area (Å²) < 4.78 is 14.2. The summed E-state index contributed by atoms with van der Waals surface area (Å²) in [7, 11) is 0. The largest absolute Gasteiger partial charge is 0.398 e. The normalized spacial score (nSPS) is 10.2. The number of nitrogens with zero attached hydrogens (tertiary/aromatic N) is 1. The second-order valence-electron chi connectivity index (χ2n) is 3.93. The summed E-state index contributed by atoms with van der Waals surface area (Å²) in [6.07, 6.45) is 0. The molecule has 96 valence electrons. The Morgan fingerprint density at radius 1 is 1.26 bits per heavy atom. The van der Waals surface area contributed by atoms with Crippen LogP contribution in [0, 0.1) is 17.1 Å². The van der Waals surface area contributed by atoms with Crippen LogP contribution in [0.1, 0.15) is 11.1 Å². The SMILES string of the molecule is N#Cc1cc(F)cc(CSc2cc(Br)ccc2N)c1. The van der Waals surface area contributed by atoms with E-state index in [0.717, 1.165) is 14.9 Å². The van der Waals surface area contributed by atoms with Gasteiger partial charge in [-0.1, -0.05) is 15.9 Å². The van der Waals surface area contributed by atoms with Gasteiger partial charge in [0, 0.05) is 20.8 Å². The molecule has 0 aromatic heterocycles. The molecule has 0 amide bonds. The van der Waals surface area contributed by atoms with Crippen LogP contribution in [0.15, 0.2) is 45.8 Å². The summed E-state index contributed by atoms with van der Waals surface area (Å²) in [4.78, 5) is 0.928. The van der Waals surface area contributed by atoms with Crippen LogP contribution in [0.25, 0.3) is 0 Å². The second-order valence-corrected chi connectivity index (χ2v) is 5.86. The van der Waals surface area contributed by atoms with Crippen molar-refractivity contribution in [2.75, 3.05) is 5.73 Å². The summed E-state index contributed by atoms with van der Waals surface area (Å²) in [6.45, 7) is 0. The Morgan fingerprint density at radius 2 is 2.05 bits per heavy atom. The minimum Gasteiger partial charge on any atom is -0.398 e. The highest BCUT2D eigenvalue weighted by Crippen LogP contribution is 2.31. The van der Waals surface area contributed by atoms with Crippen molar-refractivity contribution in [3.8, 4) is 6.07 Å². The lowest BCUT2D eigenvalue weighted by Crippen LogP contribution is -1.90. The maximum atomic E-state index is 13.3. The molecule has 0 bridgehead atoms. The standard InChI is InChI=1S/C14H10BrFN2S/c15-11-1-2-13(18)14(6-11)19-8-10-3-9(7-17)4-12(16)5-10/h1-6H,8,18H2. The van der Waals surface area contributed by atoms with E-state index in [1.807, 2.05) is 24.3 Å². The van der Waals surface area contributed by atoms with Gasteiger partial charge in [0.2, 0.25) is 0 Å². The van der Waals surface area contributed by atoms with Gasteiger partial charge in [-0.2, -0.15) is 5.26 Å². The minimum absolute atomic E-state index is 0.331. The Balaban J connectivity index is 2.17. The average molecular weight is 337 g/mol. The van der Waals surface area contributed by atoms with E-state index in [1.165, 1.54) is 23.9 Å². The number of thioether (sulfide) groups is 1. The van der Waals surface area contributed by atoms with Crippen LogP contribution in [0.3, 0.4) is 0 Å². The Morgan fingerprint density at radius 3 is 2.79 bits per heavy atom. The highest BCUT2D eigenvalue weighted by atomic mass is 79.9. The van der Waals surface area contributed by atoms with E-state index >= 15 is 0 Å². The average Bonchev–Trinajstić information content (AvgIpc) is 2.39. The molecule has 5 heteroatoms. The van der Waals surface area contributed by atoms with Gasteiger partial charge in [0.05, 0.1) is 11.6 Å². The molecule has 2 rings (SSSR count). The van der Waals surface area contributed by atoms with E-state index in [1.54, 1.807) is 6.07 Å². The highest BCUT2D eigenvalue weighted by Gasteiger charge is 2.04. The first-order chi connectivity index (χ1) is 9.08. The molecule has 0 aliphatic carbocycles. The summed E-state index contributed by atoms with van der Waals surface area (Å²) >= 11 is 4.90. The Labute approximate surface area is 123 Å². The van der Waals surface area contributed by atoms with Crippen LogP contribution >= 0.6 is 27.7 Å². The van der Waals surface area contributed by atoms with Crippen molar-refractivity contribution < 1.29 is 4.39 Å². The molecular weight excluding hydrogens is 327 g/mol. The molecule has 0 radical (unpaired) electrons. The number of hydrogen-bond donors (Lipinski definition) is 1. The predicted molar refractivity (Wildman–Crippen MR) is 79.2 cm³/mol. The van der Waals surface area contributed by atoms with Gasteiger partial charge >= 0.3 is 0 Å². The number of rotatable bonds is 3. The van der Waals surface area contributed by atoms with Crippen LogP contribution in [0.2, 0.25) is 0 Å². The molecule has 0 spiro atoms. The van der Waals surface area contributed by atoms with Crippen molar-refractivity contribution >= 4 is 33.4 Å². The van der Waals surface area contributed by atoms with Gasteiger partial charge in [-0.15, -0.1) is 11.8 Å². The molecule has 0 fully saturated rings. The van der Waals surface area contributed by atoms with E-state index < -0.39 is 5.82 Å². The number of anilines is 1. The first-order valence-corrected chi connectivity index (χ1v) is 7.24. The van der Waals surface area contributed by atoms with Crippen LogP contribution in [-0.4, -0.2) is 0 Å². The van der Waals surface area contributed by atoms with E-state index in [9.17, 15) is 4.39 Å². The molecule has 2 aromatic rings. The molecule has 0 atom stereocenters. The van der Waals surface area contributed by atoms with Crippen molar-refractivity contribution in [2.45, 2.75) is 10.6 Å². The van der Waals surface area contributed by atoms with Gasteiger partial charge in [-0.05, 0) is 42.0 Å². The van der Waals surface area contributed by atoms with Crippen molar-refractivity contribution in [3.63, 3.8) is 0 Å². The first kappa shape index (κ1) is 13.9. The van der Waals surface area contributed by atoms with E-state index in [-0.39, 0.29) is 0 Å². The summed E-state index contributed by atoms with van der Waals surface area (Å²) in [5.74, 6) is 0.171. The third-order valence-corrected chi connectivity index (χ3v) is 4.09. The monoisotopic (exact) mass is 336 g/mol. The summed E-state index contributed by atoms with van der Waals surface area (Å²) in [6, 6.07) is 11.9. The van der Waals surface area contributed by atoms with Crippen molar-refractivity contribution in [1.82, 2.24) is 0 Å². The third-order valence-electron chi connectivity index (χ3n) is 2.46. The fourth-order valence-corrected chi connectivity index (χ4v) is 3.04. The summed E-state index contributed by atoms with van der Waals surface area (Å²) in [5, 5.41) is 8.80. The predicted octanol–water partition coefficient (Wildman–Crippen LogP) is 4.33. The lowest BCUT2D eigenvalue weighted by Gasteiger charge is -2.06.